The molecule has 0 aromatic heterocycles. The first kappa shape index (κ1) is 5.65. The van der Waals surface area contributed by atoms with Crippen molar-refractivity contribution in [3.63, 3.8) is 0 Å². The molecular weight excluding hydrogens is 102 g/mol. The van der Waals surface area contributed by atoms with Crippen molar-refractivity contribution in [2.75, 3.05) is 6.54 Å². The molecule has 0 aliphatic carbocycles. The minimum absolute atomic E-state index is 0.0934. The van der Waals surface area contributed by atoms with Crippen LogP contribution < -0.4 is 5.73 Å². The van der Waals surface area contributed by atoms with Gasteiger partial charge in [-0.2, -0.15) is 8.42 Å². The van der Waals surface area contributed by atoms with Crippen molar-refractivity contribution in [3.8, 4) is 0 Å². The lowest BCUT2D eigenvalue weighted by Crippen LogP contribution is -1.98. The minimum atomic E-state index is -2.07. The van der Waals surface area contributed by atoms with Crippen LogP contribution in [0.3, 0.4) is 0 Å². The molecule has 36 valence electrons. The van der Waals surface area contributed by atoms with E-state index >= 15 is 0 Å². The molecule has 2 N–H and O–H groups in total. The fourth-order valence-corrected chi connectivity index (χ4v) is 0.236. The van der Waals surface area contributed by atoms with Crippen LogP contribution >= 0.6 is 0 Å². The van der Waals surface area contributed by atoms with Gasteiger partial charge in [0.2, 0.25) is 10.3 Å². The van der Waals surface area contributed by atoms with Gasteiger partial charge in [-0.3, -0.25) is 0 Å². The van der Waals surface area contributed by atoms with Crippen molar-refractivity contribution in [3.05, 3.63) is 0 Å². The van der Waals surface area contributed by atoms with Gasteiger partial charge in [0.05, 0.1) is 0 Å². The zero-order valence-corrected chi connectivity index (χ0v) is 3.90. The second-order valence-electron chi connectivity index (χ2n) is 0.663. The predicted molar refractivity (Wildman–Crippen MR) is 24.0 cm³/mol. The van der Waals surface area contributed by atoms with Gasteiger partial charge < -0.3 is 5.73 Å². The number of hydrogen-bond donors (Lipinski definition) is 1. The summed E-state index contributed by atoms with van der Waals surface area (Å²) in [6.45, 7) is 0.0934. The summed E-state index contributed by atoms with van der Waals surface area (Å²) in [5.74, 6) is 0. The van der Waals surface area contributed by atoms with Crippen LogP contribution in [0, 0.1) is 0 Å². The summed E-state index contributed by atoms with van der Waals surface area (Å²) < 4.78 is 18.9. The Kier molecular flexibility index (Phi) is 2.70. The topological polar surface area (TPSA) is 60.2 Å². The molecule has 0 saturated carbocycles. The van der Waals surface area contributed by atoms with Gasteiger partial charge in [-0.05, 0) is 0 Å². The normalized spacial score (nSPS) is 7.50. The lowest BCUT2D eigenvalue weighted by Gasteiger charge is -1.60. The lowest BCUT2D eigenvalue weighted by molar-refractivity contribution is 0.627. The van der Waals surface area contributed by atoms with Crippen LogP contribution in [0.4, 0.5) is 0 Å². The molecule has 0 aromatic carbocycles. The minimum Gasteiger partial charge on any atom is -0.326 e. The van der Waals surface area contributed by atoms with Gasteiger partial charge in [-0.25, -0.2) is 0 Å². The Morgan fingerprint density at radius 2 is 2.17 bits per heavy atom. The Morgan fingerprint density at radius 1 is 1.67 bits per heavy atom. The fourth-order valence-electron chi connectivity index (χ4n) is 0.0786. The van der Waals surface area contributed by atoms with E-state index < -0.39 is 10.3 Å². The van der Waals surface area contributed by atoms with Gasteiger partial charge in [-0.1, -0.05) is 0 Å². The molecule has 0 spiro atoms. The molecule has 0 unspecified atom stereocenters. The highest BCUT2D eigenvalue weighted by molar-refractivity contribution is 7.71. The Hall–Kier alpha value is -0.350. The monoisotopic (exact) mass is 107 g/mol. The molecule has 0 heterocycles. The van der Waals surface area contributed by atoms with Crippen molar-refractivity contribution in [2.24, 2.45) is 5.73 Å². The summed E-state index contributed by atoms with van der Waals surface area (Å²) in [6, 6.07) is 0. The predicted octanol–water partition coefficient (Wildman–Crippen LogP) is -1.37. The van der Waals surface area contributed by atoms with Crippen molar-refractivity contribution in [2.45, 2.75) is 0 Å². The van der Waals surface area contributed by atoms with Crippen molar-refractivity contribution >= 4 is 15.7 Å². The van der Waals surface area contributed by atoms with Gasteiger partial charge in [0.1, 0.15) is 0 Å². The van der Waals surface area contributed by atoms with Crippen LogP contribution in [0.15, 0.2) is 0 Å². The molecular formula is C2H5NO2S. The first-order valence-corrected chi connectivity index (χ1v) is 2.52. The Morgan fingerprint density at radius 3 is 2.17 bits per heavy atom. The van der Waals surface area contributed by atoms with Crippen molar-refractivity contribution in [1.29, 1.82) is 0 Å². The van der Waals surface area contributed by atoms with E-state index in [-0.39, 0.29) is 6.54 Å². The molecule has 3 nitrogen and oxygen atoms in total. The average Bonchev–Trinajstić information content (AvgIpc) is 1.35. The van der Waals surface area contributed by atoms with Crippen LogP contribution in [0.5, 0.6) is 0 Å². The average molecular weight is 107 g/mol. The maximum absolute atomic E-state index is 9.46. The molecule has 0 bridgehead atoms. The molecule has 0 saturated heterocycles. The smallest absolute Gasteiger partial charge is 0.211 e. The summed E-state index contributed by atoms with van der Waals surface area (Å²) in [5, 5.41) is 0.986. The second kappa shape index (κ2) is 2.87. The molecule has 0 aliphatic heterocycles. The molecule has 0 fully saturated rings. The standard InChI is InChI=1S/C2H5NO2S/c3-1-2-6(4)5/h2H,1,3H2. The quantitative estimate of drug-likeness (QED) is 0.420. The highest BCUT2D eigenvalue weighted by Crippen LogP contribution is 1.33. The Balaban J connectivity index is 3.78. The van der Waals surface area contributed by atoms with Crippen LogP contribution in [0.25, 0.3) is 0 Å². The summed E-state index contributed by atoms with van der Waals surface area (Å²) >= 11 is 0. The van der Waals surface area contributed by atoms with E-state index in [2.05, 4.69) is 0 Å². The van der Waals surface area contributed by atoms with Crippen LogP contribution in [0.2, 0.25) is 0 Å². The Labute approximate surface area is 37.3 Å². The van der Waals surface area contributed by atoms with Gasteiger partial charge in [0, 0.05) is 11.9 Å². The maximum Gasteiger partial charge on any atom is 0.211 e. The largest absolute Gasteiger partial charge is 0.326 e. The van der Waals surface area contributed by atoms with E-state index in [0.29, 0.717) is 0 Å². The third-order valence-electron chi connectivity index (χ3n) is 0.232. The van der Waals surface area contributed by atoms with Crippen LogP contribution in [0.1, 0.15) is 0 Å². The Bertz CT molecular complexity index is 126. The molecule has 0 amide bonds. The third-order valence-corrected chi connectivity index (χ3v) is 0.697. The molecule has 0 aliphatic rings. The van der Waals surface area contributed by atoms with E-state index in [1.54, 1.807) is 0 Å². The zero-order chi connectivity index (χ0) is 4.99. The first-order valence-electron chi connectivity index (χ1n) is 1.39. The third kappa shape index (κ3) is 3.65. The molecule has 0 rings (SSSR count). The zero-order valence-electron chi connectivity index (χ0n) is 3.09. The van der Waals surface area contributed by atoms with Gasteiger partial charge in [0.15, 0.2) is 0 Å². The molecule has 0 radical (unpaired) electrons. The highest BCUT2D eigenvalue weighted by Gasteiger charge is 1.60. The van der Waals surface area contributed by atoms with Crippen molar-refractivity contribution < 1.29 is 8.42 Å². The fraction of sp³-hybridized carbons (Fsp3) is 0.500. The number of rotatable bonds is 1. The molecule has 0 atom stereocenters. The van der Waals surface area contributed by atoms with E-state index in [0.717, 1.165) is 5.37 Å². The summed E-state index contributed by atoms with van der Waals surface area (Å²) in [7, 11) is -2.07. The van der Waals surface area contributed by atoms with E-state index in [4.69, 9.17) is 5.73 Å². The SMILES string of the molecule is NCC=S(=O)=O. The maximum atomic E-state index is 9.46. The van der Waals surface area contributed by atoms with Crippen LogP contribution in [-0.2, 0) is 10.3 Å². The van der Waals surface area contributed by atoms with E-state index in [1.807, 2.05) is 0 Å². The molecule has 4 heteroatoms. The first-order chi connectivity index (χ1) is 2.77. The number of hydrogen-bond acceptors (Lipinski definition) is 3. The van der Waals surface area contributed by atoms with Crippen molar-refractivity contribution in [1.82, 2.24) is 0 Å². The molecule has 0 aromatic rings. The van der Waals surface area contributed by atoms with Crippen LogP contribution in [-0.4, -0.2) is 20.3 Å². The summed E-state index contributed by atoms with van der Waals surface area (Å²) in [4.78, 5) is 0. The molecule has 6 heavy (non-hydrogen) atoms. The van der Waals surface area contributed by atoms with Gasteiger partial charge >= 0.3 is 0 Å². The van der Waals surface area contributed by atoms with E-state index in [1.165, 1.54) is 0 Å². The number of nitrogens with two attached hydrogens (primary N) is 1. The van der Waals surface area contributed by atoms with Gasteiger partial charge in [0.25, 0.3) is 0 Å². The van der Waals surface area contributed by atoms with E-state index in [9.17, 15) is 8.42 Å². The highest BCUT2D eigenvalue weighted by atomic mass is 32.2. The lowest BCUT2D eigenvalue weighted by atomic mass is 10.8. The second-order valence-corrected chi connectivity index (χ2v) is 1.52. The van der Waals surface area contributed by atoms with Gasteiger partial charge in [-0.15, -0.1) is 0 Å². The summed E-state index contributed by atoms with van der Waals surface area (Å²) in [6.07, 6.45) is 0. The summed E-state index contributed by atoms with van der Waals surface area (Å²) in [5.41, 5.74) is 4.78.